The minimum absolute atomic E-state index is 0. The van der Waals surface area contributed by atoms with Gasteiger partial charge in [-0.05, 0) is 12.1 Å². The van der Waals surface area contributed by atoms with Gasteiger partial charge >= 0.3 is 18.9 Å². The molecule has 0 aromatic heterocycles. The first-order valence-electron chi connectivity index (χ1n) is 4.96. The van der Waals surface area contributed by atoms with Gasteiger partial charge in [-0.15, -0.1) is 6.54 Å². The smallest absolute Gasteiger partial charge is 0.374 e. The van der Waals surface area contributed by atoms with Gasteiger partial charge in [0.15, 0.2) is 0 Å². The molecule has 0 aromatic rings. The predicted octanol–water partition coefficient (Wildman–Crippen LogP) is -0.0596. The van der Waals surface area contributed by atoms with Crippen LogP contribution in [0, 0.1) is 6.42 Å². The van der Waals surface area contributed by atoms with Gasteiger partial charge in [-0.3, -0.25) is 0 Å². The normalized spacial score (nSPS) is 25.6. The van der Waals surface area contributed by atoms with Crippen LogP contribution in [0.25, 0.3) is 0 Å². The Hall–Kier alpha value is 0.991. The molecule has 0 spiro atoms. The largest absolute Gasteiger partial charge is 1.00 e. The Labute approximate surface area is 97.6 Å². The van der Waals surface area contributed by atoms with Crippen LogP contribution in [0.1, 0.15) is 6.92 Å². The van der Waals surface area contributed by atoms with Crippen molar-refractivity contribution in [2.45, 2.75) is 45.2 Å². The molecule has 0 unspecified atom stereocenters. The van der Waals surface area contributed by atoms with E-state index in [2.05, 4.69) is 43.8 Å². The summed E-state index contributed by atoms with van der Waals surface area (Å²) in [5, 5.41) is 0. The zero-order chi connectivity index (χ0) is 9.41. The predicted molar refractivity (Wildman–Crippen MR) is 61.3 cm³/mol. The van der Waals surface area contributed by atoms with Crippen molar-refractivity contribution in [1.82, 2.24) is 4.23 Å². The van der Waals surface area contributed by atoms with Crippen LogP contribution in [0.3, 0.4) is 0 Å². The molecule has 0 N–H and O–H groups in total. The van der Waals surface area contributed by atoms with Gasteiger partial charge in [0.25, 0.3) is 0 Å². The molecule has 72 valence electrons. The van der Waals surface area contributed by atoms with Crippen LogP contribution in [0.4, 0.5) is 0 Å². The average Bonchev–Trinajstić information content (AvgIpc) is 2.13. The van der Waals surface area contributed by atoms with E-state index < -0.39 is 16.5 Å². The van der Waals surface area contributed by atoms with E-state index in [1.54, 1.807) is 0 Å². The summed E-state index contributed by atoms with van der Waals surface area (Å²) in [7, 11) is -1.92. The second-order valence-electron chi connectivity index (χ2n) is 5.14. The molecule has 1 saturated heterocycles. The van der Waals surface area contributed by atoms with E-state index in [-0.39, 0.29) is 18.9 Å². The van der Waals surface area contributed by atoms with Gasteiger partial charge in [-0.25, -0.2) is 0 Å². The Morgan fingerprint density at radius 1 is 1.08 bits per heavy atom. The third-order valence-corrected chi connectivity index (χ3v) is 13.5. The standard InChI is InChI=1S/C9H22NSi2.Li/c1-6-7-10-11(2,3)8-9-12(10,4)5;/h6H,7-9H2,1-5H3;/q-1;+1. The van der Waals surface area contributed by atoms with Gasteiger partial charge in [0.2, 0.25) is 0 Å². The molecule has 1 rings (SSSR count). The van der Waals surface area contributed by atoms with Crippen LogP contribution < -0.4 is 18.9 Å². The molecule has 0 atom stereocenters. The molecule has 0 aromatic carbocycles. The third-order valence-electron chi connectivity index (χ3n) is 3.18. The summed E-state index contributed by atoms with van der Waals surface area (Å²) in [6, 6.07) is 3.06. The summed E-state index contributed by atoms with van der Waals surface area (Å²) in [6.45, 7) is 13.5. The Bertz CT molecular complexity index is 155. The number of hydrogen-bond acceptors (Lipinski definition) is 1. The van der Waals surface area contributed by atoms with E-state index in [9.17, 15) is 0 Å². The van der Waals surface area contributed by atoms with Gasteiger partial charge in [-0.1, -0.05) is 26.2 Å². The summed E-state index contributed by atoms with van der Waals surface area (Å²) in [4.78, 5) is 0. The minimum Gasteiger partial charge on any atom is -0.374 e. The van der Waals surface area contributed by atoms with Crippen LogP contribution >= 0.6 is 0 Å². The van der Waals surface area contributed by atoms with Gasteiger partial charge in [-0.2, -0.15) is 6.92 Å². The molecule has 4 heteroatoms. The molecule has 0 aliphatic carbocycles. The molecule has 13 heavy (non-hydrogen) atoms. The zero-order valence-electron chi connectivity index (χ0n) is 10.1. The van der Waals surface area contributed by atoms with E-state index in [1.165, 1.54) is 18.6 Å². The van der Waals surface area contributed by atoms with Crippen molar-refractivity contribution in [2.75, 3.05) is 6.54 Å². The maximum Gasteiger partial charge on any atom is 1.00 e. The molecule has 1 aliphatic heterocycles. The van der Waals surface area contributed by atoms with Crippen molar-refractivity contribution < 1.29 is 18.9 Å². The summed E-state index contributed by atoms with van der Waals surface area (Å²) in [5.74, 6) is 0. The molecule has 1 nitrogen and oxygen atoms in total. The van der Waals surface area contributed by atoms with Gasteiger partial charge in [0.1, 0.15) is 16.5 Å². The number of nitrogens with zero attached hydrogens (tertiary/aromatic N) is 1. The van der Waals surface area contributed by atoms with Crippen molar-refractivity contribution in [2.24, 2.45) is 0 Å². The fraction of sp³-hybridized carbons (Fsp3) is 0.889. The van der Waals surface area contributed by atoms with Crippen molar-refractivity contribution in [1.29, 1.82) is 0 Å². The van der Waals surface area contributed by atoms with E-state index in [0.29, 0.717) is 0 Å². The van der Waals surface area contributed by atoms with Crippen molar-refractivity contribution in [3.8, 4) is 0 Å². The first-order chi connectivity index (χ1) is 5.40. The van der Waals surface area contributed by atoms with Crippen LogP contribution in [0.15, 0.2) is 0 Å². The summed E-state index contributed by atoms with van der Waals surface area (Å²) in [5.41, 5.74) is 0. The van der Waals surface area contributed by atoms with Gasteiger partial charge < -0.3 is 10.7 Å². The number of hydrogen-bond donors (Lipinski definition) is 0. The van der Waals surface area contributed by atoms with Crippen LogP contribution in [-0.2, 0) is 0 Å². The Balaban J connectivity index is 0.00000144. The topological polar surface area (TPSA) is 3.24 Å². The van der Waals surface area contributed by atoms with E-state index in [0.717, 1.165) is 0 Å². The maximum atomic E-state index is 2.89. The molecule has 0 bridgehead atoms. The average molecular weight is 207 g/mol. The monoisotopic (exact) mass is 207 g/mol. The van der Waals surface area contributed by atoms with Crippen LogP contribution in [-0.4, -0.2) is 27.2 Å². The van der Waals surface area contributed by atoms with E-state index in [4.69, 9.17) is 0 Å². The summed E-state index contributed by atoms with van der Waals surface area (Å²) in [6.07, 6.45) is 2.33. The zero-order valence-corrected chi connectivity index (χ0v) is 12.1. The fourth-order valence-corrected chi connectivity index (χ4v) is 16.4. The first-order valence-corrected chi connectivity index (χ1v) is 11.3. The molecule has 1 aliphatic rings. The number of rotatable bonds is 2. The second kappa shape index (κ2) is 4.67. The van der Waals surface area contributed by atoms with E-state index in [1.807, 2.05) is 0 Å². The SMILES string of the molecule is C[CH-]CN1[Si](C)(C)CC[Si]1(C)C.[Li+]. The van der Waals surface area contributed by atoms with Crippen molar-refractivity contribution >= 4 is 16.5 Å². The van der Waals surface area contributed by atoms with Crippen LogP contribution in [0.5, 0.6) is 0 Å². The quantitative estimate of drug-likeness (QED) is 0.453. The fourth-order valence-electron chi connectivity index (χ4n) is 2.38. The molecular formula is C9H22LiNSi2. The maximum absolute atomic E-state index is 2.89. The minimum atomic E-state index is -0.962. The Morgan fingerprint density at radius 3 is 1.77 bits per heavy atom. The molecule has 0 saturated carbocycles. The molecule has 1 heterocycles. The van der Waals surface area contributed by atoms with Gasteiger partial charge in [0, 0.05) is 0 Å². The summed E-state index contributed by atoms with van der Waals surface area (Å²) >= 11 is 0. The molecule has 0 radical (unpaired) electrons. The molecule has 0 amide bonds. The van der Waals surface area contributed by atoms with Gasteiger partial charge in [0.05, 0.1) is 0 Å². The first kappa shape index (κ1) is 14.0. The molecular weight excluding hydrogens is 185 g/mol. The Morgan fingerprint density at radius 2 is 1.46 bits per heavy atom. The summed E-state index contributed by atoms with van der Waals surface area (Å²) < 4.78 is 2.89. The van der Waals surface area contributed by atoms with Crippen molar-refractivity contribution in [3.63, 3.8) is 0 Å². The second-order valence-corrected chi connectivity index (χ2v) is 14.9. The Kier molecular flexibility index (Phi) is 5.03. The van der Waals surface area contributed by atoms with E-state index >= 15 is 0 Å². The van der Waals surface area contributed by atoms with Crippen molar-refractivity contribution in [3.05, 3.63) is 6.42 Å². The molecule has 1 fully saturated rings. The van der Waals surface area contributed by atoms with Crippen LogP contribution in [0.2, 0.25) is 38.3 Å². The third kappa shape index (κ3) is 2.97.